The van der Waals surface area contributed by atoms with Crippen molar-refractivity contribution in [3.05, 3.63) is 59.8 Å². The van der Waals surface area contributed by atoms with Gasteiger partial charge in [-0.1, -0.05) is 12.1 Å². The third kappa shape index (κ3) is 8.52. The minimum Gasteiger partial charge on any atom is -0.497 e. The highest BCUT2D eigenvalue weighted by molar-refractivity contribution is 6.01. The van der Waals surface area contributed by atoms with E-state index in [1.54, 1.807) is 64.0 Å². The molecule has 2 aromatic carbocycles. The van der Waals surface area contributed by atoms with E-state index >= 15 is 0 Å². The van der Waals surface area contributed by atoms with Crippen LogP contribution in [0, 0.1) is 11.8 Å². The van der Waals surface area contributed by atoms with Crippen LogP contribution >= 0.6 is 0 Å². The van der Waals surface area contributed by atoms with Crippen molar-refractivity contribution in [1.82, 2.24) is 15.2 Å². The van der Waals surface area contributed by atoms with Crippen LogP contribution in [0.4, 0.5) is 14.9 Å². The second-order valence-corrected chi connectivity index (χ2v) is 13.9. The normalized spacial score (nSPS) is 21.6. The monoisotopic (exact) mass is 678 g/mol. The smallest absolute Gasteiger partial charge is 0.407 e. The predicted molar refractivity (Wildman–Crippen MR) is 183 cm³/mol. The van der Waals surface area contributed by atoms with Gasteiger partial charge in [-0.3, -0.25) is 9.59 Å². The van der Waals surface area contributed by atoms with Crippen LogP contribution in [-0.4, -0.2) is 78.4 Å². The second-order valence-electron chi connectivity index (χ2n) is 13.9. The number of aromatic amines is 1. The number of fused-ring (bicyclic) bond motifs is 1. The van der Waals surface area contributed by atoms with Crippen molar-refractivity contribution in [3.8, 4) is 5.75 Å². The number of rotatable bonds is 10. The molecule has 1 saturated carbocycles. The number of esters is 1. The summed E-state index contributed by atoms with van der Waals surface area (Å²) >= 11 is 0. The molecule has 3 atom stereocenters. The lowest BCUT2D eigenvalue weighted by Crippen LogP contribution is -2.49. The van der Waals surface area contributed by atoms with Gasteiger partial charge in [0.1, 0.15) is 29.8 Å². The summed E-state index contributed by atoms with van der Waals surface area (Å²) in [7, 11) is 1.59. The number of benzene rings is 2. The fourth-order valence-corrected chi connectivity index (χ4v) is 7.05. The van der Waals surface area contributed by atoms with Gasteiger partial charge in [0, 0.05) is 35.0 Å². The molecule has 2 fully saturated rings. The molecule has 3 aromatic rings. The van der Waals surface area contributed by atoms with E-state index in [0.717, 1.165) is 16.5 Å². The molecule has 0 bridgehead atoms. The second kappa shape index (κ2) is 15.3. The molecular formula is C37H47FN4O7. The Hall–Kier alpha value is -4.61. The number of alkyl carbamates (subject to hydrolysis) is 1. The molecule has 1 aromatic heterocycles. The molecule has 2 heterocycles. The number of nitrogens with zero attached hydrogens (tertiary/aromatic N) is 1. The number of aromatic nitrogens is 1. The third-order valence-corrected chi connectivity index (χ3v) is 9.44. The zero-order valence-electron chi connectivity index (χ0n) is 28.8. The van der Waals surface area contributed by atoms with E-state index in [2.05, 4.69) is 15.6 Å². The number of nitrogens with one attached hydrogen (secondary N) is 3. The number of hydrogen-bond donors (Lipinski definition) is 3. The highest BCUT2D eigenvalue weighted by Gasteiger charge is 2.45. The Balaban J connectivity index is 1.31. The number of likely N-dealkylation sites (tertiary alicyclic amines) is 1. The fourth-order valence-electron chi connectivity index (χ4n) is 7.05. The van der Waals surface area contributed by atoms with E-state index in [9.17, 15) is 23.6 Å². The van der Waals surface area contributed by atoms with Crippen LogP contribution in [0.25, 0.3) is 10.9 Å². The molecule has 12 heteroatoms. The molecule has 11 nitrogen and oxygen atoms in total. The highest BCUT2D eigenvalue weighted by atomic mass is 19.1. The fraction of sp³-hybridized carbons (Fsp3) is 0.514. The van der Waals surface area contributed by atoms with Gasteiger partial charge in [-0.15, -0.1) is 0 Å². The van der Waals surface area contributed by atoms with Crippen LogP contribution in [-0.2, 0) is 19.1 Å². The highest BCUT2D eigenvalue weighted by Crippen LogP contribution is 2.39. The number of H-pyrrole nitrogens is 1. The molecule has 0 spiro atoms. The Morgan fingerprint density at radius 1 is 1.00 bits per heavy atom. The van der Waals surface area contributed by atoms with Gasteiger partial charge in [0.2, 0.25) is 11.8 Å². The molecule has 1 aliphatic heterocycles. The molecule has 3 amide bonds. The summed E-state index contributed by atoms with van der Waals surface area (Å²) in [4.78, 5) is 57.6. The molecule has 3 N–H and O–H groups in total. The lowest BCUT2D eigenvalue weighted by Gasteiger charge is -2.36. The Labute approximate surface area is 286 Å². The number of halogens is 1. The van der Waals surface area contributed by atoms with Gasteiger partial charge in [-0.05, 0) is 108 Å². The first-order chi connectivity index (χ1) is 23.4. The number of carbonyl (C=O) groups excluding carboxylic acids is 4. The molecule has 2 aliphatic rings. The van der Waals surface area contributed by atoms with Gasteiger partial charge in [0.15, 0.2) is 0 Å². The minimum atomic E-state index is -0.761. The molecule has 5 rings (SSSR count). The first-order valence-corrected chi connectivity index (χ1v) is 17.0. The molecule has 0 unspecified atom stereocenters. The number of alkyl halides is 1. The standard InChI is InChI=1S/C37H47FN4O7/c1-6-48-35(45)30-20-25-19-26(13-16-29(25)40-30)39-33(43)32-28(22-11-14-27(47-5)15-12-22)17-18-42(32)34(44)24-9-7-23(8-10-24)31(21-38)41-36(46)49-37(2,3)4/h11-16,19-20,23-24,28,31-32,40H,6-10,17-18,21H2,1-5H3,(H,39,43)(H,41,46)/t23-,24-,28-,31-,32+/m1/s1. The number of carbonyl (C=O) groups is 4. The third-order valence-electron chi connectivity index (χ3n) is 9.44. The molecule has 1 saturated heterocycles. The number of methoxy groups -OCH3 is 1. The van der Waals surface area contributed by atoms with E-state index in [-0.39, 0.29) is 36.2 Å². The summed E-state index contributed by atoms with van der Waals surface area (Å²) in [5, 5.41) is 6.44. The first-order valence-electron chi connectivity index (χ1n) is 17.0. The van der Waals surface area contributed by atoms with Crippen molar-refractivity contribution >= 4 is 40.5 Å². The zero-order valence-corrected chi connectivity index (χ0v) is 28.8. The quantitative estimate of drug-likeness (QED) is 0.213. The Morgan fingerprint density at radius 2 is 1.71 bits per heavy atom. The molecule has 49 heavy (non-hydrogen) atoms. The van der Waals surface area contributed by atoms with E-state index in [1.807, 2.05) is 24.3 Å². The SMILES string of the molecule is CCOC(=O)c1cc2cc(NC(=O)[C@@H]3[C@@H](c4ccc(OC)cc4)CCN3C(=O)[C@H]3CC[C@H]([C@@H](CF)NC(=O)OC(C)(C)C)CC3)ccc2[nH]1. The van der Waals surface area contributed by atoms with Gasteiger partial charge in [-0.25, -0.2) is 14.0 Å². The van der Waals surface area contributed by atoms with Crippen molar-refractivity contribution in [1.29, 1.82) is 0 Å². The van der Waals surface area contributed by atoms with Crippen LogP contribution in [0.3, 0.4) is 0 Å². The average Bonchev–Trinajstić information content (AvgIpc) is 3.71. The van der Waals surface area contributed by atoms with Crippen LogP contribution in [0.1, 0.15) is 81.8 Å². The predicted octanol–water partition coefficient (Wildman–Crippen LogP) is 6.35. The lowest BCUT2D eigenvalue weighted by atomic mass is 9.78. The van der Waals surface area contributed by atoms with E-state index in [1.165, 1.54) is 0 Å². The van der Waals surface area contributed by atoms with E-state index in [4.69, 9.17) is 14.2 Å². The topological polar surface area (TPSA) is 139 Å². The van der Waals surface area contributed by atoms with Crippen molar-refractivity contribution in [2.45, 2.75) is 83.4 Å². The van der Waals surface area contributed by atoms with Gasteiger partial charge in [0.25, 0.3) is 0 Å². The maximum Gasteiger partial charge on any atom is 0.407 e. The summed E-state index contributed by atoms with van der Waals surface area (Å²) in [5.41, 5.74) is 1.82. The van der Waals surface area contributed by atoms with Gasteiger partial charge in [0.05, 0.1) is 19.8 Å². The first kappa shape index (κ1) is 35.7. The van der Waals surface area contributed by atoms with Crippen molar-refractivity contribution < 1.29 is 37.8 Å². The van der Waals surface area contributed by atoms with E-state index < -0.39 is 36.4 Å². The van der Waals surface area contributed by atoms with Crippen LogP contribution < -0.4 is 15.4 Å². The van der Waals surface area contributed by atoms with Gasteiger partial charge < -0.3 is 34.7 Å². The lowest BCUT2D eigenvalue weighted by molar-refractivity contribution is -0.141. The number of amides is 3. The Morgan fingerprint density at radius 3 is 2.35 bits per heavy atom. The maximum absolute atomic E-state index is 14.1. The minimum absolute atomic E-state index is 0.0910. The van der Waals surface area contributed by atoms with Crippen molar-refractivity contribution in [2.75, 3.05) is 32.3 Å². The summed E-state index contributed by atoms with van der Waals surface area (Å²) in [6.07, 6.45) is 2.14. The summed E-state index contributed by atoms with van der Waals surface area (Å²) in [6.45, 7) is 6.95. The van der Waals surface area contributed by atoms with E-state index in [0.29, 0.717) is 55.8 Å². The zero-order chi connectivity index (χ0) is 35.3. The summed E-state index contributed by atoms with van der Waals surface area (Å²) in [6, 6.07) is 13.1. The maximum atomic E-state index is 14.1. The van der Waals surface area contributed by atoms with Crippen molar-refractivity contribution in [3.63, 3.8) is 0 Å². The summed E-state index contributed by atoms with van der Waals surface area (Å²) < 4.78 is 29.8. The Kier molecular flexibility index (Phi) is 11.1. The van der Waals surface area contributed by atoms with Gasteiger partial charge in [-0.2, -0.15) is 0 Å². The van der Waals surface area contributed by atoms with Crippen LogP contribution in [0.2, 0.25) is 0 Å². The average molecular weight is 679 g/mol. The van der Waals surface area contributed by atoms with Crippen LogP contribution in [0.15, 0.2) is 48.5 Å². The van der Waals surface area contributed by atoms with Crippen LogP contribution in [0.5, 0.6) is 5.75 Å². The molecule has 0 radical (unpaired) electrons. The number of anilines is 1. The molecular weight excluding hydrogens is 631 g/mol. The number of hydrogen-bond acceptors (Lipinski definition) is 7. The summed E-state index contributed by atoms with van der Waals surface area (Å²) in [5.74, 6) is -0.847. The molecule has 1 aliphatic carbocycles. The number of ether oxygens (including phenoxy) is 3. The van der Waals surface area contributed by atoms with Crippen molar-refractivity contribution in [2.24, 2.45) is 11.8 Å². The Bertz CT molecular complexity index is 1640. The van der Waals surface area contributed by atoms with Gasteiger partial charge >= 0.3 is 12.1 Å². The molecule has 264 valence electrons. The largest absolute Gasteiger partial charge is 0.497 e.